The minimum Gasteiger partial charge on any atom is -0.481 e. The number of carboxylic acid groups (broad SMARTS) is 1. The van der Waals surface area contributed by atoms with Crippen molar-refractivity contribution >= 4 is 5.97 Å². The maximum absolute atomic E-state index is 12.9. The van der Waals surface area contributed by atoms with Crippen LogP contribution in [-0.4, -0.2) is 46.7 Å². The molecule has 0 radical (unpaired) electrons. The summed E-state index contributed by atoms with van der Waals surface area (Å²) in [6.45, 7) is 16.1. The first kappa shape index (κ1) is 26.7. The maximum Gasteiger partial charge on any atom is 0.310 e. The summed E-state index contributed by atoms with van der Waals surface area (Å²) in [5.74, 6) is 0.716. The van der Waals surface area contributed by atoms with Crippen molar-refractivity contribution in [3.05, 3.63) is 11.6 Å². The second-order valence-corrected chi connectivity index (χ2v) is 15.0. The Morgan fingerprint density at radius 2 is 1.67 bits per heavy atom. The van der Waals surface area contributed by atoms with Gasteiger partial charge in [-0.25, -0.2) is 0 Å². The van der Waals surface area contributed by atoms with Crippen molar-refractivity contribution in [1.29, 1.82) is 0 Å². The first-order valence-corrected chi connectivity index (χ1v) is 14.5. The van der Waals surface area contributed by atoms with Crippen molar-refractivity contribution in [3.63, 3.8) is 0 Å². The van der Waals surface area contributed by atoms with E-state index in [0.29, 0.717) is 18.3 Å². The third kappa shape index (κ3) is 3.03. The molecule has 0 aromatic rings. The van der Waals surface area contributed by atoms with Crippen LogP contribution < -0.4 is 0 Å². The van der Waals surface area contributed by atoms with Crippen LogP contribution in [0.25, 0.3) is 0 Å². The van der Waals surface area contributed by atoms with Crippen molar-refractivity contribution in [2.75, 3.05) is 7.11 Å². The molecule has 204 valence electrons. The van der Waals surface area contributed by atoms with E-state index in [1.54, 1.807) is 7.11 Å². The fourth-order valence-corrected chi connectivity index (χ4v) is 11.3. The van der Waals surface area contributed by atoms with Crippen molar-refractivity contribution in [2.24, 2.45) is 56.7 Å². The molecule has 3 unspecified atom stereocenters. The second-order valence-electron chi connectivity index (χ2n) is 15.0. The fourth-order valence-electron chi connectivity index (χ4n) is 11.3. The zero-order valence-electron chi connectivity index (χ0n) is 23.8. The molecule has 0 bridgehead atoms. The Bertz CT molecular complexity index is 957. The highest BCUT2D eigenvalue weighted by Gasteiger charge is 2.72. The van der Waals surface area contributed by atoms with E-state index in [9.17, 15) is 20.1 Å². The van der Waals surface area contributed by atoms with Gasteiger partial charge in [-0.3, -0.25) is 4.79 Å². The van der Waals surface area contributed by atoms with Gasteiger partial charge in [-0.2, -0.15) is 0 Å². The molecule has 0 amide bonds. The summed E-state index contributed by atoms with van der Waals surface area (Å²) in [6, 6.07) is 0. The topological polar surface area (TPSA) is 87.0 Å². The highest BCUT2D eigenvalue weighted by molar-refractivity contribution is 5.76. The van der Waals surface area contributed by atoms with Gasteiger partial charge in [0.2, 0.25) is 0 Å². The van der Waals surface area contributed by atoms with Gasteiger partial charge in [-0.1, -0.05) is 60.1 Å². The van der Waals surface area contributed by atoms with Crippen LogP contribution in [0.3, 0.4) is 0 Å². The molecule has 4 saturated carbocycles. The van der Waals surface area contributed by atoms with Crippen molar-refractivity contribution < 1.29 is 24.9 Å². The minimum absolute atomic E-state index is 0.0358. The summed E-state index contributed by atoms with van der Waals surface area (Å²) in [6.07, 6.45) is 6.78. The summed E-state index contributed by atoms with van der Waals surface area (Å²) in [7, 11) is 1.80. The van der Waals surface area contributed by atoms with E-state index in [1.165, 1.54) is 5.57 Å². The molecule has 36 heavy (non-hydrogen) atoms. The standard InChI is InChI=1S/C31H50O5/c1-17-9-12-31(26(34)35)14-13-29(6)19(23(31)18(17)2)15-21(36-8)24-28(5)16-20(32)25(33)27(3,4)22(28)10-11-30(24,29)7/h15,17-18,20-25,32-33H,9-14,16H2,1-8H3,(H,34,35)/t17-,18+,20?,21?,22+,23+,24-,25?,28+,29-,30-,31+/m1/s1. The number of aliphatic carboxylic acids is 1. The maximum atomic E-state index is 12.9. The fraction of sp³-hybridized carbons (Fsp3) is 0.903. The lowest BCUT2D eigenvalue weighted by Gasteiger charge is -2.72. The lowest BCUT2D eigenvalue weighted by atomic mass is 9.32. The Kier molecular flexibility index (Phi) is 5.97. The van der Waals surface area contributed by atoms with Gasteiger partial charge < -0.3 is 20.1 Å². The molecule has 0 aromatic carbocycles. The molecule has 5 rings (SSSR count). The zero-order chi connectivity index (χ0) is 26.6. The molecule has 0 spiro atoms. The third-order valence-corrected chi connectivity index (χ3v) is 13.6. The second kappa shape index (κ2) is 8.05. The third-order valence-electron chi connectivity index (χ3n) is 13.6. The number of fused-ring (bicyclic) bond motifs is 7. The van der Waals surface area contributed by atoms with E-state index in [-0.39, 0.29) is 45.5 Å². The number of hydrogen-bond donors (Lipinski definition) is 3. The van der Waals surface area contributed by atoms with Crippen molar-refractivity contribution in [2.45, 2.75) is 112 Å². The average molecular weight is 503 g/mol. The van der Waals surface area contributed by atoms with Gasteiger partial charge in [0, 0.05) is 13.0 Å². The monoisotopic (exact) mass is 502 g/mol. The Morgan fingerprint density at radius 3 is 2.28 bits per heavy atom. The molecular formula is C31H50O5. The highest BCUT2D eigenvalue weighted by atomic mass is 16.5. The van der Waals surface area contributed by atoms with Gasteiger partial charge >= 0.3 is 5.97 Å². The number of hydrogen-bond acceptors (Lipinski definition) is 4. The largest absolute Gasteiger partial charge is 0.481 e. The Labute approximate surface area is 218 Å². The quantitative estimate of drug-likeness (QED) is 0.423. The predicted octanol–water partition coefficient (Wildman–Crippen LogP) is 5.69. The molecule has 12 atom stereocenters. The van der Waals surface area contributed by atoms with Crippen LogP contribution in [-0.2, 0) is 9.53 Å². The number of methoxy groups -OCH3 is 1. The van der Waals surface area contributed by atoms with Crippen molar-refractivity contribution in [1.82, 2.24) is 0 Å². The van der Waals surface area contributed by atoms with Crippen LogP contribution in [0.2, 0.25) is 0 Å². The lowest BCUT2D eigenvalue weighted by Crippen LogP contribution is -2.69. The first-order valence-electron chi connectivity index (χ1n) is 14.5. The molecular weight excluding hydrogens is 452 g/mol. The van der Waals surface area contributed by atoms with Crippen LogP contribution in [0.15, 0.2) is 11.6 Å². The lowest BCUT2D eigenvalue weighted by molar-refractivity contribution is -0.250. The molecule has 3 N–H and O–H groups in total. The van der Waals surface area contributed by atoms with Gasteiger partial charge in [0.1, 0.15) is 0 Å². The number of aliphatic hydroxyl groups is 2. The van der Waals surface area contributed by atoms with Crippen LogP contribution >= 0.6 is 0 Å². The van der Waals surface area contributed by atoms with E-state index >= 15 is 0 Å². The predicted molar refractivity (Wildman–Crippen MR) is 140 cm³/mol. The number of carboxylic acids is 1. The highest BCUT2D eigenvalue weighted by Crippen LogP contribution is 2.76. The number of allylic oxidation sites excluding steroid dienone is 1. The first-order chi connectivity index (χ1) is 16.6. The van der Waals surface area contributed by atoms with Gasteiger partial charge in [-0.15, -0.1) is 0 Å². The molecule has 0 aromatic heterocycles. The molecule has 0 saturated heterocycles. The van der Waals surface area contributed by atoms with Crippen molar-refractivity contribution in [3.8, 4) is 0 Å². The van der Waals surface area contributed by atoms with E-state index in [2.05, 4.69) is 54.5 Å². The number of aliphatic hydroxyl groups excluding tert-OH is 2. The SMILES string of the molecule is COC1C=C2[C@@H]3[C@@H](C)[C@H](C)CC[C@]3(C(=O)O)CC[C@@]2(C)[C@]2(C)CC[C@H]3C(C)(C)C(O)C(O)C[C@]3(C)[C@@H]12. The molecule has 5 aliphatic carbocycles. The summed E-state index contributed by atoms with van der Waals surface area (Å²) < 4.78 is 6.33. The Hall–Kier alpha value is -0.910. The smallest absolute Gasteiger partial charge is 0.310 e. The summed E-state index contributed by atoms with van der Waals surface area (Å²) in [4.78, 5) is 12.9. The summed E-state index contributed by atoms with van der Waals surface area (Å²) >= 11 is 0. The van der Waals surface area contributed by atoms with Crippen LogP contribution in [0.5, 0.6) is 0 Å². The zero-order valence-corrected chi connectivity index (χ0v) is 23.8. The molecule has 4 fully saturated rings. The van der Waals surface area contributed by atoms with Gasteiger partial charge in [0.25, 0.3) is 0 Å². The van der Waals surface area contributed by atoms with E-state index < -0.39 is 23.6 Å². The van der Waals surface area contributed by atoms with E-state index in [4.69, 9.17) is 4.74 Å². The summed E-state index contributed by atoms with van der Waals surface area (Å²) in [5, 5.41) is 32.7. The van der Waals surface area contributed by atoms with E-state index in [1.807, 2.05) is 0 Å². The van der Waals surface area contributed by atoms with E-state index in [0.717, 1.165) is 38.5 Å². The Morgan fingerprint density at radius 1 is 1.00 bits per heavy atom. The van der Waals surface area contributed by atoms with Gasteiger partial charge in [-0.05, 0) is 90.3 Å². The van der Waals surface area contributed by atoms with Gasteiger partial charge in [0.05, 0.1) is 23.7 Å². The average Bonchev–Trinajstić information content (AvgIpc) is 2.79. The molecule has 0 aliphatic heterocycles. The number of carbonyl (C=O) groups is 1. The molecule has 5 aliphatic rings. The minimum atomic E-state index is -0.746. The van der Waals surface area contributed by atoms with Gasteiger partial charge in [0.15, 0.2) is 0 Å². The molecule has 5 nitrogen and oxygen atoms in total. The summed E-state index contributed by atoms with van der Waals surface area (Å²) in [5.41, 5.74) is -0.0819. The number of ether oxygens (including phenoxy) is 1. The molecule has 0 heterocycles. The normalized spacial score (nSPS) is 55.9. The van der Waals surface area contributed by atoms with Crippen LogP contribution in [0, 0.1) is 56.7 Å². The van der Waals surface area contributed by atoms with Crippen LogP contribution in [0.4, 0.5) is 0 Å². The Balaban J connectivity index is 1.69. The molecule has 5 heteroatoms. The number of rotatable bonds is 2. The van der Waals surface area contributed by atoms with Crippen LogP contribution in [0.1, 0.15) is 93.4 Å².